The molecule has 0 bridgehead atoms. The molecule has 3 N–H and O–H groups in total. The maximum absolute atomic E-state index is 13.1. The van der Waals surface area contributed by atoms with E-state index in [1.54, 1.807) is 12.1 Å². The number of rotatable bonds is 7. The second-order valence-corrected chi connectivity index (χ2v) is 8.24. The van der Waals surface area contributed by atoms with Gasteiger partial charge in [0.05, 0.1) is 10.9 Å². The number of nitrogens with one attached hydrogen (secondary N) is 3. The number of aromatic nitrogens is 3. The summed E-state index contributed by atoms with van der Waals surface area (Å²) < 4.78 is 13.1. The fourth-order valence-corrected chi connectivity index (χ4v) is 3.76. The van der Waals surface area contributed by atoms with Gasteiger partial charge in [-0.1, -0.05) is 30.3 Å². The van der Waals surface area contributed by atoms with Crippen LogP contribution < -0.4 is 16.2 Å². The number of anilines is 2. The SMILES string of the molecule is CC[C@H](Sc1nnc(-c2cc(C)ccc2NC(C)=O)c(=O)[nH]1)C(=O)Nc1ccc(F)cc1. The molecular weight excluding hydrogens is 433 g/mol. The first-order valence-electron chi connectivity index (χ1n) is 9.85. The Balaban J connectivity index is 1.81. The van der Waals surface area contributed by atoms with Gasteiger partial charge in [0, 0.05) is 18.2 Å². The largest absolute Gasteiger partial charge is 0.326 e. The molecule has 0 radical (unpaired) electrons. The molecule has 1 atom stereocenters. The molecule has 8 nitrogen and oxygen atoms in total. The molecule has 166 valence electrons. The number of thioether (sulfide) groups is 1. The van der Waals surface area contributed by atoms with Gasteiger partial charge in [-0.05, 0) is 49.7 Å². The number of carbonyl (C=O) groups is 2. The number of benzene rings is 2. The van der Waals surface area contributed by atoms with Gasteiger partial charge in [-0.15, -0.1) is 10.2 Å². The molecule has 10 heteroatoms. The summed E-state index contributed by atoms with van der Waals surface area (Å²) >= 11 is 1.07. The van der Waals surface area contributed by atoms with Crippen LogP contribution in [0.4, 0.5) is 15.8 Å². The summed E-state index contributed by atoms with van der Waals surface area (Å²) in [5.41, 5.74) is 1.83. The zero-order chi connectivity index (χ0) is 23.3. The number of hydrogen-bond acceptors (Lipinski definition) is 6. The van der Waals surface area contributed by atoms with Crippen molar-refractivity contribution in [1.82, 2.24) is 15.2 Å². The van der Waals surface area contributed by atoms with Crippen molar-refractivity contribution >= 4 is 35.0 Å². The average Bonchev–Trinajstić information content (AvgIpc) is 2.75. The highest BCUT2D eigenvalue weighted by Crippen LogP contribution is 2.27. The van der Waals surface area contributed by atoms with Crippen LogP contribution in [0.5, 0.6) is 0 Å². The van der Waals surface area contributed by atoms with E-state index in [1.807, 2.05) is 19.9 Å². The molecule has 1 aromatic heterocycles. The van der Waals surface area contributed by atoms with Crippen molar-refractivity contribution in [3.8, 4) is 11.3 Å². The predicted molar refractivity (Wildman–Crippen MR) is 122 cm³/mol. The van der Waals surface area contributed by atoms with Crippen molar-refractivity contribution < 1.29 is 14.0 Å². The van der Waals surface area contributed by atoms with Gasteiger partial charge in [0.25, 0.3) is 5.56 Å². The summed E-state index contributed by atoms with van der Waals surface area (Å²) in [6, 6.07) is 10.7. The molecule has 0 spiro atoms. The highest BCUT2D eigenvalue weighted by Gasteiger charge is 2.21. The maximum atomic E-state index is 13.1. The number of amides is 2. The van der Waals surface area contributed by atoms with Crippen molar-refractivity contribution in [3.63, 3.8) is 0 Å². The van der Waals surface area contributed by atoms with Crippen molar-refractivity contribution in [2.24, 2.45) is 0 Å². The van der Waals surface area contributed by atoms with Gasteiger partial charge < -0.3 is 10.6 Å². The van der Waals surface area contributed by atoms with E-state index in [1.165, 1.54) is 31.2 Å². The van der Waals surface area contributed by atoms with Crippen LogP contribution in [0, 0.1) is 12.7 Å². The predicted octanol–water partition coefficient (Wildman–Crippen LogP) is 3.75. The van der Waals surface area contributed by atoms with Crippen molar-refractivity contribution in [2.75, 3.05) is 10.6 Å². The van der Waals surface area contributed by atoms with Gasteiger partial charge >= 0.3 is 0 Å². The summed E-state index contributed by atoms with van der Waals surface area (Å²) in [6.45, 7) is 5.06. The van der Waals surface area contributed by atoms with Gasteiger partial charge in [0.15, 0.2) is 10.9 Å². The number of H-pyrrole nitrogens is 1. The number of halogens is 1. The zero-order valence-electron chi connectivity index (χ0n) is 17.7. The minimum atomic E-state index is -0.551. The van der Waals surface area contributed by atoms with E-state index < -0.39 is 16.6 Å². The van der Waals surface area contributed by atoms with Crippen LogP contribution in [0.1, 0.15) is 25.8 Å². The normalized spacial score (nSPS) is 11.6. The van der Waals surface area contributed by atoms with E-state index in [0.717, 1.165) is 17.3 Å². The minimum absolute atomic E-state index is 0.0608. The van der Waals surface area contributed by atoms with E-state index in [9.17, 15) is 18.8 Å². The molecular formula is C22H22FN5O3S. The third-order valence-electron chi connectivity index (χ3n) is 4.45. The fraction of sp³-hybridized carbons (Fsp3) is 0.227. The van der Waals surface area contributed by atoms with Crippen LogP contribution in [0.3, 0.4) is 0 Å². The van der Waals surface area contributed by atoms with Crippen molar-refractivity contribution in [3.05, 3.63) is 64.2 Å². The Kier molecular flexibility index (Phi) is 7.37. The number of aromatic amines is 1. The van der Waals surface area contributed by atoms with Crippen LogP contribution in [0.15, 0.2) is 52.4 Å². The molecule has 0 aliphatic rings. The Labute approximate surface area is 188 Å². The van der Waals surface area contributed by atoms with Crippen molar-refractivity contribution in [2.45, 2.75) is 37.6 Å². The Hall–Kier alpha value is -3.53. The Morgan fingerprint density at radius 1 is 1.12 bits per heavy atom. The van der Waals surface area contributed by atoms with E-state index >= 15 is 0 Å². The number of carbonyl (C=O) groups excluding carboxylic acids is 2. The highest BCUT2D eigenvalue weighted by atomic mass is 32.2. The monoisotopic (exact) mass is 455 g/mol. The first kappa shape index (κ1) is 23.1. The van der Waals surface area contributed by atoms with Crippen LogP contribution in [0.25, 0.3) is 11.3 Å². The number of nitrogens with zero attached hydrogens (tertiary/aromatic N) is 2. The molecule has 0 aliphatic heterocycles. The highest BCUT2D eigenvalue weighted by molar-refractivity contribution is 8.00. The molecule has 32 heavy (non-hydrogen) atoms. The summed E-state index contributed by atoms with van der Waals surface area (Å²) in [5.74, 6) is -0.972. The molecule has 0 unspecified atom stereocenters. The van der Waals surface area contributed by atoms with Crippen LogP contribution in [-0.2, 0) is 9.59 Å². The molecule has 3 aromatic rings. The van der Waals surface area contributed by atoms with Gasteiger partial charge in [-0.3, -0.25) is 19.4 Å². The Morgan fingerprint density at radius 3 is 2.47 bits per heavy atom. The van der Waals surface area contributed by atoms with Gasteiger partial charge in [0.1, 0.15) is 5.82 Å². The summed E-state index contributed by atoms with van der Waals surface area (Å²) in [4.78, 5) is 39.5. The molecule has 0 aliphatic carbocycles. The van der Waals surface area contributed by atoms with Gasteiger partial charge in [-0.25, -0.2) is 4.39 Å². The van der Waals surface area contributed by atoms with Crippen LogP contribution in [-0.4, -0.2) is 32.2 Å². The first-order valence-corrected chi connectivity index (χ1v) is 10.7. The molecule has 2 amide bonds. The molecule has 0 saturated heterocycles. The lowest BCUT2D eigenvalue weighted by molar-refractivity contribution is -0.116. The van der Waals surface area contributed by atoms with Gasteiger partial charge in [-0.2, -0.15) is 0 Å². The molecule has 1 heterocycles. The molecule has 2 aromatic carbocycles. The summed E-state index contributed by atoms with van der Waals surface area (Å²) in [6.07, 6.45) is 0.466. The molecule has 3 rings (SSSR count). The Morgan fingerprint density at radius 2 is 1.84 bits per heavy atom. The smallest absolute Gasteiger partial charge is 0.278 e. The lowest BCUT2D eigenvalue weighted by Crippen LogP contribution is -2.25. The first-order chi connectivity index (χ1) is 15.3. The third kappa shape index (κ3) is 5.79. The second-order valence-electron chi connectivity index (χ2n) is 7.05. The van der Waals surface area contributed by atoms with Crippen LogP contribution >= 0.6 is 11.8 Å². The molecule has 0 fully saturated rings. The topological polar surface area (TPSA) is 117 Å². The fourth-order valence-electron chi connectivity index (χ4n) is 2.92. The van der Waals surface area contributed by atoms with Crippen molar-refractivity contribution in [1.29, 1.82) is 0 Å². The average molecular weight is 456 g/mol. The Bertz CT molecular complexity index is 1200. The molecule has 0 saturated carbocycles. The van der Waals surface area contributed by atoms with Crippen LogP contribution in [0.2, 0.25) is 0 Å². The number of aryl methyl sites for hydroxylation is 1. The summed E-state index contributed by atoms with van der Waals surface area (Å²) in [5, 5.41) is 13.2. The summed E-state index contributed by atoms with van der Waals surface area (Å²) in [7, 11) is 0. The standard InChI is InChI=1S/C22H22FN5O3S/c1-4-18(20(30)25-15-8-6-14(23)7-9-15)32-22-26-21(31)19(27-28-22)16-11-12(2)5-10-17(16)24-13(3)29/h5-11,18H,4H2,1-3H3,(H,24,29)(H,25,30)(H,26,28,31)/t18-/m0/s1. The lowest BCUT2D eigenvalue weighted by atomic mass is 10.1. The minimum Gasteiger partial charge on any atom is -0.326 e. The van der Waals surface area contributed by atoms with E-state index in [4.69, 9.17) is 0 Å². The number of hydrogen-bond donors (Lipinski definition) is 3. The van der Waals surface area contributed by atoms with Gasteiger partial charge in [0.2, 0.25) is 11.8 Å². The zero-order valence-corrected chi connectivity index (χ0v) is 18.5. The third-order valence-corrected chi connectivity index (χ3v) is 5.69. The van der Waals surface area contributed by atoms with E-state index in [2.05, 4.69) is 25.8 Å². The lowest BCUT2D eigenvalue weighted by Gasteiger charge is -2.14. The quantitative estimate of drug-likeness (QED) is 0.467. The second kappa shape index (κ2) is 10.2. The maximum Gasteiger partial charge on any atom is 0.278 e. The van der Waals surface area contributed by atoms with E-state index in [0.29, 0.717) is 23.4 Å². The van der Waals surface area contributed by atoms with E-state index in [-0.39, 0.29) is 22.7 Å².